The van der Waals surface area contributed by atoms with Gasteiger partial charge in [-0.25, -0.2) is 9.97 Å². The van der Waals surface area contributed by atoms with Crippen LogP contribution in [0.2, 0.25) is 10.2 Å². The molecule has 1 amide bonds. The van der Waals surface area contributed by atoms with Crippen molar-refractivity contribution < 1.29 is 14.3 Å². The lowest BCUT2D eigenvalue weighted by molar-refractivity contribution is 0.0746. The van der Waals surface area contributed by atoms with Gasteiger partial charge in [0.15, 0.2) is 16.7 Å². The Balaban J connectivity index is 0.921. The van der Waals surface area contributed by atoms with Gasteiger partial charge in [-0.1, -0.05) is 59.2 Å². The van der Waals surface area contributed by atoms with Gasteiger partial charge in [0.05, 0.1) is 0 Å². The molecule has 4 heterocycles. The normalized spacial score (nSPS) is 16.6. The highest BCUT2D eigenvalue weighted by atomic mass is 35.5. The first kappa shape index (κ1) is 30.9. The van der Waals surface area contributed by atoms with Gasteiger partial charge in [0.1, 0.15) is 11.0 Å². The van der Waals surface area contributed by atoms with E-state index in [1.54, 1.807) is 0 Å². The predicted octanol–water partition coefficient (Wildman–Crippen LogP) is 6.09. The number of nitrogens with zero attached hydrogens (tertiary/aromatic N) is 6. The molecule has 12 heteroatoms. The molecule has 9 nitrogen and oxygen atoms in total. The molecule has 3 aromatic carbocycles. The fourth-order valence-corrected chi connectivity index (χ4v) is 7.22. The number of carbonyl (C=O) groups is 1. The van der Waals surface area contributed by atoms with Crippen molar-refractivity contribution in [2.45, 2.75) is 17.5 Å². The van der Waals surface area contributed by atoms with E-state index in [9.17, 15) is 4.79 Å². The topological polar surface area (TPSA) is 74.3 Å². The lowest BCUT2D eigenvalue weighted by Gasteiger charge is -2.36. The Morgan fingerprint density at radius 1 is 0.761 bits per heavy atom. The SMILES string of the molecule is O=C(c1cccc(CSc2nc(Cl)cc(N3CCN(Cc4ccc5c(c4)OCO5)CC3)n2)c1)N1CCN(c2cccc(Cl)c2)CC1. The number of halogens is 2. The summed E-state index contributed by atoms with van der Waals surface area (Å²) in [7, 11) is 0. The molecule has 46 heavy (non-hydrogen) atoms. The van der Waals surface area contributed by atoms with Gasteiger partial charge in [-0.05, 0) is 53.6 Å². The van der Waals surface area contributed by atoms with Crippen molar-refractivity contribution in [2.75, 3.05) is 69.0 Å². The van der Waals surface area contributed by atoms with Crippen molar-refractivity contribution in [3.05, 3.63) is 99.7 Å². The van der Waals surface area contributed by atoms with Crippen LogP contribution >= 0.6 is 35.0 Å². The summed E-state index contributed by atoms with van der Waals surface area (Å²) in [6.45, 7) is 7.53. The number of piperazine rings is 2. The van der Waals surface area contributed by atoms with E-state index in [0.29, 0.717) is 34.7 Å². The van der Waals surface area contributed by atoms with Crippen molar-refractivity contribution in [1.29, 1.82) is 0 Å². The largest absolute Gasteiger partial charge is 0.454 e. The minimum atomic E-state index is 0.0524. The van der Waals surface area contributed by atoms with Crippen LogP contribution in [0.5, 0.6) is 11.5 Å². The van der Waals surface area contributed by atoms with Gasteiger partial charge in [-0.3, -0.25) is 9.69 Å². The Bertz CT molecular complexity index is 1710. The Morgan fingerprint density at radius 3 is 2.37 bits per heavy atom. The van der Waals surface area contributed by atoms with E-state index in [1.165, 1.54) is 17.3 Å². The number of ether oxygens (including phenoxy) is 2. The second kappa shape index (κ2) is 14.0. The molecule has 3 aliphatic rings. The zero-order chi connectivity index (χ0) is 31.5. The Kier molecular flexibility index (Phi) is 9.39. The van der Waals surface area contributed by atoms with Crippen molar-refractivity contribution in [1.82, 2.24) is 19.8 Å². The number of fused-ring (bicyclic) bond motifs is 1. The lowest BCUT2D eigenvalue weighted by Crippen LogP contribution is -2.48. The summed E-state index contributed by atoms with van der Waals surface area (Å²) < 4.78 is 11.0. The molecule has 0 aliphatic carbocycles. The molecule has 0 bridgehead atoms. The molecule has 0 spiro atoms. The Morgan fingerprint density at radius 2 is 1.54 bits per heavy atom. The lowest BCUT2D eigenvalue weighted by atomic mass is 10.1. The summed E-state index contributed by atoms with van der Waals surface area (Å²) in [6.07, 6.45) is 0. The van der Waals surface area contributed by atoms with Gasteiger partial charge in [-0.2, -0.15) is 0 Å². The van der Waals surface area contributed by atoms with Crippen LogP contribution < -0.4 is 19.3 Å². The second-order valence-corrected chi connectivity index (χ2v) is 13.3. The number of rotatable bonds is 8. The zero-order valence-corrected chi connectivity index (χ0v) is 27.6. The van der Waals surface area contributed by atoms with Crippen LogP contribution in [0.1, 0.15) is 21.5 Å². The summed E-state index contributed by atoms with van der Waals surface area (Å²) in [4.78, 5) is 31.6. The molecule has 0 atom stereocenters. The maximum absolute atomic E-state index is 13.4. The van der Waals surface area contributed by atoms with E-state index < -0.39 is 0 Å². The summed E-state index contributed by atoms with van der Waals surface area (Å²) in [6, 6.07) is 23.7. The Hall–Kier alpha value is -3.70. The van der Waals surface area contributed by atoms with E-state index in [4.69, 9.17) is 37.7 Å². The van der Waals surface area contributed by atoms with Crippen molar-refractivity contribution in [3.63, 3.8) is 0 Å². The van der Waals surface area contributed by atoms with Crippen LogP contribution in [-0.2, 0) is 12.3 Å². The molecule has 0 saturated carbocycles. The van der Waals surface area contributed by atoms with Gasteiger partial charge >= 0.3 is 0 Å². The number of anilines is 2. The molecule has 0 radical (unpaired) electrons. The second-order valence-electron chi connectivity index (χ2n) is 11.5. The monoisotopic (exact) mass is 676 g/mol. The van der Waals surface area contributed by atoms with E-state index in [1.807, 2.05) is 59.5 Å². The van der Waals surface area contributed by atoms with E-state index >= 15 is 0 Å². The molecule has 3 aliphatic heterocycles. The van der Waals surface area contributed by atoms with Crippen molar-refractivity contribution in [2.24, 2.45) is 0 Å². The minimum Gasteiger partial charge on any atom is -0.454 e. The number of aromatic nitrogens is 2. The molecule has 7 rings (SSSR count). The first-order chi connectivity index (χ1) is 22.5. The molecule has 2 fully saturated rings. The minimum absolute atomic E-state index is 0.0524. The molecule has 238 valence electrons. The third kappa shape index (κ3) is 7.31. The van der Waals surface area contributed by atoms with Gasteiger partial charge < -0.3 is 24.2 Å². The smallest absolute Gasteiger partial charge is 0.253 e. The van der Waals surface area contributed by atoms with E-state index in [2.05, 4.69) is 37.9 Å². The number of amides is 1. The highest BCUT2D eigenvalue weighted by molar-refractivity contribution is 7.98. The van der Waals surface area contributed by atoms with Crippen molar-refractivity contribution in [3.8, 4) is 11.5 Å². The summed E-state index contributed by atoms with van der Waals surface area (Å²) in [5.74, 6) is 3.15. The number of hydrogen-bond donors (Lipinski definition) is 0. The average molecular weight is 678 g/mol. The first-order valence-corrected chi connectivity index (χ1v) is 17.1. The van der Waals surface area contributed by atoms with E-state index in [-0.39, 0.29) is 12.7 Å². The first-order valence-electron chi connectivity index (χ1n) is 15.4. The summed E-state index contributed by atoms with van der Waals surface area (Å²) in [5, 5.41) is 1.77. The molecule has 1 aromatic heterocycles. The molecule has 2 saturated heterocycles. The van der Waals surface area contributed by atoms with E-state index in [0.717, 1.165) is 79.4 Å². The highest BCUT2D eigenvalue weighted by Crippen LogP contribution is 2.33. The quantitative estimate of drug-likeness (QED) is 0.125. The standard InChI is InChI=1S/C34H34Cl2N6O3S/c35-27-5-2-6-28(19-27)40-13-15-42(16-14-40)33(43)26-4-1-3-25(17-26)22-46-34-37-31(36)20-32(38-34)41-11-9-39(10-12-41)21-24-7-8-29-30(18-24)45-23-44-29/h1-8,17-20H,9-16,21-23H2. The summed E-state index contributed by atoms with van der Waals surface area (Å²) >= 11 is 14.2. The Labute approximate surface area is 283 Å². The van der Waals surface area contributed by atoms with Gasteiger partial charge in [-0.15, -0.1) is 0 Å². The van der Waals surface area contributed by atoms with Crippen LogP contribution in [0.25, 0.3) is 0 Å². The average Bonchev–Trinajstić information content (AvgIpc) is 3.55. The number of thioether (sulfide) groups is 1. The van der Waals surface area contributed by atoms with Crippen LogP contribution in [0.3, 0.4) is 0 Å². The number of carbonyl (C=O) groups excluding carboxylic acids is 1. The van der Waals surface area contributed by atoms with Crippen LogP contribution in [-0.4, -0.2) is 84.8 Å². The maximum Gasteiger partial charge on any atom is 0.253 e. The predicted molar refractivity (Wildman–Crippen MR) is 183 cm³/mol. The van der Waals surface area contributed by atoms with Crippen molar-refractivity contribution >= 4 is 52.4 Å². The fraction of sp³-hybridized carbons (Fsp3) is 0.324. The van der Waals surface area contributed by atoms with Crippen LogP contribution in [0, 0.1) is 0 Å². The molecule has 4 aromatic rings. The van der Waals surface area contributed by atoms with Gasteiger partial charge in [0, 0.05) is 87.0 Å². The van der Waals surface area contributed by atoms with Gasteiger partial charge in [0.2, 0.25) is 6.79 Å². The summed E-state index contributed by atoms with van der Waals surface area (Å²) in [5.41, 5.74) is 4.03. The molecule has 0 unspecified atom stereocenters. The number of benzene rings is 3. The third-order valence-electron chi connectivity index (χ3n) is 8.48. The fourth-order valence-electron chi connectivity index (χ4n) is 6.01. The van der Waals surface area contributed by atoms with Gasteiger partial charge in [0.25, 0.3) is 5.91 Å². The zero-order valence-electron chi connectivity index (χ0n) is 25.3. The highest BCUT2D eigenvalue weighted by Gasteiger charge is 2.24. The molecular weight excluding hydrogens is 643 g/mol. The molecule has 0 N–H and O–H groups in total. The van der Waals surface area contributed by atoms with Crippen LogP contribution in [0.4, 0.5) is 11.5 Å². The van der Waals surface area contributed by atoms with Crippen LogP contribution in [0.15, 0.2) is 78.0 Å². The maximum atomic E-state index is 13.4. The third-order valence-corrected chi connectivity index (χ3v) is 9.83. The molecular formula is C34H34Cl2N6O3S. The number of hydrogen-bond acceptors (Lipinski definition) is 9.